The number of rotatable bonds is 7. The van der Waals surface area contributed by atoms with Crippen molar-refractivity contribution in [1.82, 2.24) is 10.4 Å². The van der Waals surface area contributed by atoms with E-state index in [1.807, 2.05) is 55.5 Å². The van der Waals surface area contributed by atoms with E-state index in [1.54, 1.807) is 36.4 Å². The summed E-state index contributed by atoms with van der Waals surface area (Å²) in [7, 11) is 1.46. The normalized spacial score (nSPS) is 11.1. The van der Waals surface area contributed by atoms with Crippen LogP contribution in [0.1, 0.15) is 32.0 Å². The lowest BCUT2D eigenvalue weighted by Gasteiger charge is -2.10. The number of halogens is 1. The summed E-state index contributed by atoms with van der Waals surface area (Å²) in [4.78, 5) is 29.4. The Morgan fingerprint density at radius 1 is 0.923 bits per heavy atom. The van der Waals surface area contributed by atoms with Crippen LogP contribution in [0.25, 0.3) is 22.0 Å². The molecule has 194 valence electrons. The van der Waals surface area contributed by atoms with Crippen LogP contribution in [0, 0.1) is 6.92 Å². The predicted molar refractivity (Wildman–Crippen MR) is 153 cm³/mol. The second kappa shape index (κ2) is 11.2. The van der Waals surface area contributed by atoms with Gasteiger partial charge in [-0.3, -0.25) is 4.79 Å². The van der Waals surface area contributed by atoms with E-state index in [0.29, 0.717) is 22.0 Å². The molecule has 0 aliphatic rings. The summed E-state index contributed by atoms with van der Waals surface area (Å²) in [6.45, 7) is 2.01. The quantitative estimate of drug-likeness (QED) is 0.103. The number of carbonyl (C=O) groups excluding carboxylic acids is 2. The van der Waals surface area contributed by atoms with Crippen LogP contribution in [0.4, 0.5) is 0 Å². The lowest BCUT2D eigenvalue weighted by Crippen LogP contribution is -2.19. The first-order valence-electron chi connectivity index (χ1n) is 12.1. The second-order valence-corrected chi connectivity index (χ2v) is 9.20. The zero-order valence-corrected chi connectivity index (χ0v) is 22.0. The van der Waals surface area contributed by atoms with Crippen LogP contribution in [0.3, 0.4) is 0 Å². The molecule has 4 aromatic carbocycles. The van der Waals surface area contributed by atoms with E-state index in [1.165, 1.54) is 19.4 Å². The highest BCUT2D eigenvalue weighted by Crippen LogP contribution is 2.33. The fourth-order valence-electron chi connectivity index (χ4n) is 4.27. The summed E-state index contributed by atoms with van der Waals surface area (Å²) in [5.74, 6) is -0.448. The van der Waals surface area contributed by atoms with Gasteiger partial charge in [-0.2, -0.15) is 5.10 Å². The number of fused-ring (bicyclic) bond motifs is 1. The number of nitrogens with one attached hydrogen (secondary N) is 2. The molecule has 0 radical (unpaired) electrons. The number of hydrogen-bond donors (Lipinski definition) is 2. The maximum Gasteiger partial charge on any atom is 0.347 e. The number of H-pyrrole nitrogens is 1. The molecule has 8 heteroatoms. The predicted octanol–water partition coefficient (Wildman–Crippen LogP) is 6.79. The van der Waals surface area contributed by atoms with Crippen LogP contribution < -0.4 is 14.9 Å². The average molecular weight is 538 g/mol. The Morgan fingerprint density at radius 3 is 2.49 bits per heavy atom. The Kier molecular flexibility index (Phi) is 7.43. The maximum atomic E-state index is 13.3. The number of methoxy groups -OCH3 is 1. The highest BCUT2D eigenvalue weighted by molar-refractivity contribution is 6.31. The number of amides is 1. The van der Waals surface area contributed by atoms with Crippen molar-refractivity contribution in [3.63, 3.8) is 0 Å². The molecular formula is C31H24ClN3O4. The molecule has 2 N–H and O–H groups in total. The zero-order chi connectivity index (χ0) is 27.4. The Hall–Kier alpha value is -4.88. The van der Waals surface area contributed by atoms with Crippen LogP contribution >= 0.6 is 11.6 Å². The summed E-state index contributed by atoms with van der Waals surface area (Å²) >= 11 is 6.06. The van der Waals surface area contributed by atoms with Crippen molar-refractivity contribution >= 4 is 40.6 Å². The van der Waals surface area contributed by atoms with E-state index < -0.39 is 11.9 Å². The standard InChI is InChI=1S/C31H24ClN3O4/c1-19-12-14-25-23(16-19)28(20-8-4-3-5-9-20)29(34-25)30(36)35-33-18-21-10-6-7-11-26(21)39-31(37)24-17-22(32)13-15-27(24)38-2/h3-18,34H,1-2H3,(H,35,36). The largest absolute Gasteiger partial charge is 0.496 e. The summed E-state index contributed by atoms with van der Waals surface area (Å²) in [5.41, 5.74) is 7.31. The zero-order valence-electron chi connectivity index (χ0n) is 21.2. The number of aromatic nitrogens is 1. The molecule has 0 unspecified atom stereocenters. The minimum Gasteiger partial charge on any atom is -0.496 e. The van der Waals surface area contributed by atoms with Crippen LogP contribution in [-0.2, 0) is 0 Å². The Bertz CT molecular complexity index is 1710. The first-order valence-corrected chi connectivity index (χ1v) is 12.5. The first-order chi connectivity index (χ1) is 18.9. The van der Waals surface area contributed by atoms with Gasteiger partial charge >= 0.3 is 5.97 Å². The number of ether oxygens (including phenoxy) is 2. The number of aromatic amines is 1. The third-order valence-electron chi connectivity index (χ3n) is 6.12. The first kappa shape index (κ1) is 25.8. The van der Waals surface area contributed by atoms with Crippen molar-refractivity contribution in [1.29, 1.82) is 0 Å². The molecule has 0 bridgehead atoms. The maximum absolute atomic E-state index is 13.3. The van der Waals surface area contributed by atoms with Crippen molar-refractivity contribution in [3.05, 3.63) is 118 Å². The highest BCUT2D eigenvalue weighted by atomic mass is 35.5. The minimum absolute atomic E-state index is 0.188. The van der Waals surface area contributed by atoms with Crippen molar-refractivity contribution < 1.29 is 19.1 Å². The van der Waals surface area contributed by atoms with Crippen LogP contribution in [0.15, 0.2) is 96.1 Å². The molecule has 1 heterocycles. The van der Waals surface area contributed by atoms with Gasteiger partial charge in [0.2, 0.25) is 0 Å². The fraction of sp³-hybridized carbons (Fsp3) is 0.0645. The van der Waals surface area contributed by atoms with Crippen LogP contribution in [0.5, 0.6) is 11.5 Å². The van der Waals surface area contributed by atoms with Gasteiger partial charge in [-0.25, -0.2) is 10.2 Å². The summed E-state index contributed by atoms with van der Waals surface area (Å²) < 4.78 is 10.9. The Labute approximate surface area is 230 Å². The molecule has 39 heavy (non-hydrogen) atoms. The molecule has 0 atom stereocenters. The molecule has 0 aliphatic heterocycles. The number of carbonyl (C=O) groups is 2. The molecule has 1 aromatic heterocycles. The number of aryl methyl sites for hydroxylation is 1. The van der Waals surface area contributed by atoms with Gasteiger partial charge in [0.25, 0.3) is 5.91 Å². The molecule has 0 saturated heterocycles. The average Bonchev–Trinajstić information content (AvgIpc) is 3.33. The Balaban J connectivity index is 1.39. The van der Waals surface area contributed by atoms with E-state index in [4.69, 9.17) is 21.1 Å². The van der Waals surface area contributed by atoms with Gasteiger partial charge < -0.3 is 14.5 Å². The Morgan fingerprint density at radius 2 is 1.69 bits per heavy atom. The molecule has 5 rings (SSSR count). The summed E-state index contributed by atoms with van der Waals surface area (Å²) in [6, 6.07) is 27.3. The molecule has 5 aromatic rings. The van der Waals surface area contributed by atoms with E-state index in [2.05, 4.69) is 15.5 Å². The number of esters is 1. The third kappa shape index (κ3) is 5.54. The van der Waals surface area contributed by atoms with Crippen LogP contribution in [-0.4, -0.2) is 30.2 Å². The number of nitrogens with zero attached hydrogens (tertiary/aromatic N) is 1. The van der Waals surface area contributed by atoms with Crippen molar-refractivity contribution in [2.75, 3.05) is 7.11 Å². The SMILES string of the molecule is COc1ccc(Cl)cc1C(=O)Oc1ccccc1C=NNC(=O)c1[nH]c2ccc(C)cc2c1-c1ccccc1. The van der Waals surface area contributed by atoms with Crippen molar-refractivity contribution in [3.8, 4) is 22.6 Å². The number of benzene rings is 4. The highest BCUT2D eigenvalue weighted by Gasteiger charge is 2.20. The van der Waals surface area contributed by atoms with E-state index in [9.17, 15) is 9.59 Å². The van der Waals surface area contributed by atoms with E-state index in [0.717, 1.165) is 27.6 Å². The van der Waals surface area contributed by atoms with E-state index >= 15 is 0 Å². The molecular weight excluding hydrogens is 514 g/mol. The topological polar surface area (TPSA) is 92.8 Å². The lowest BCUT2D eigenvalue weighted by atomic mass is 10.0. The smallest absolute Gasteiger partial charge is 0.347 e. The van der Waals surface area contributed by atoms with Gasteiger partial charge in [0.15, 0.2) is 0 Å². The van der Waals surface area contributed by atoms with Crippen molar-refractivity contribution in [2.45, 2.75) is 6.92 Å². The van der Waals surface area contributed by atoms with Crippen LogP contribution in [0.2, 0.25) is 5.02 Å². The number of hydrazone groups is 1. The molecule has 0 aliphatic carbocycles. The number of para-hydroxylation sites is 1. The molecule has 7 nitrogen and oxygen atoms in total. The summed E-state index contributed by atoms with van der Waals surface area (Å²) in [6.07, 6.45) is 1.42. The van der Waals surface area contributed by atoms with Gasteiger partial charge in [-0.05, 0) is 55.0 Å². The van der Waals surface area contributed by atoms with Gasteiger partial charge in [-0.15, -0.1) is 0 Å². The number of hydrogen-bond acceptors (Lipinski definition) is 5. The van der Waals surface area contributed by atoms with Crippen molar-refractivity contribution in [2.24, 2.45) is 5.10 Å². The molecule has 0 fully saturated rings. The monoisotopic (exact) mass is 537 g/mol. The van der Waals surface area contributed by atoms with Gasteiger partial charge in [0, 0.05) is 27.1 Å². The van der Waals surface area contributed by atoms with Gasteiger partial charge in [-0.1, -0.05) is 65.7 Å². The third-order valence-corrected chi connectivity index (χ3v) is 6.35. The molecule has 0 saturated carbocycles. The summed E-state index contributed by atoms with van der Waals surface area (Å²) in [5, 5.41) is 5.47. The minimum atomic E-state index is -0.639. The van der Waals surface area contributed by atoms with Gasteiger partial charge in [0.05, 0.1) is 13.3 Å². The van der Waals surface area contributed by atoms with Gasteiger partial charge in [0.1, 0.15) is 22.8 Å². The second-order valence-electron chi connectivity index (χ2n) is 8.76. The fourth-order valence-corrected chi connectivity index (χ4v) is 4.44. The lowest BCUT2D eigenvalue weighted by molar-refractivity contribution is 0.0730. The molecule has 1 amide bonds. The molecule has 0 spiro atoms. The van der Waals surface area contributed by atoms with E-state index in [-0.39, 0.29) is 11.3 Å².